The van der Waals surface area contributed by atoms with Gasteiger partial charge in [0, 0.05) is 37.2 Å². The van der Waals surface area contributed by atoms with Crippen molar-refractivity contribution in [3.05, 3.63) is 53.2 Å². The van der Waals surface area contributed by atoms with Crippen molar-refractivity contribution in [3.63, 3.8) is 0 Å². The molecule has 4 rings (SSSR count). The summed E-state index contributed by atoms with van der Waals surface area (Å²) in [6.45, 7) is 6.52. The number of amides is 1. The van der Waals surface area contributed by atoms with E-state index < -0.39 is 0 Å². The third kappa shape index (κ3) is 3.21. The van der Waals surface area contributed by atoms with Crippen LogP contribution in [0.5, 0.6) is 0 Å². The lowest BCUT2D eigenvalue weighted by atomic mass is 10.1. The van der Waals surface area contributed by atoms with Crippen LogP contribution in [0.15, 0.2) is 34.7 Å². The second kappa shape index (κ2) is 6.64. The van der Waals surface area contributed by atoms with Gasteiger partial charge in [0.05, 0.1) is 18.8 Å². The van der Waals surface area contributed by atoms with Crippen LogP contribution in [0.4, 0.5) is 0 Å². The second-order valence-corrected chi connectivity index (χ2v) is 7.11. The van der Waals surface area contributed by atoms with Crippen molar-refractivity contribution in [1.29, 1.82) is 0 Å². The molecule has 0 unspecified atom stereocenters. The maximum atomic E-state index is 12.6. The molecule has 2 aromatic rings. The number of likely N-dealkylation sites (tertiary alicyclic amines) is 2. The lowest BCUT2D eigenvalue weighted by Crippen LogP contribution is -2.36. The first-order valence-electron chi connectivity index (χ1n) is 9.17. The number of aromatic nitrogens is 1. The van der Waals surface area contributed by atoms with E-state index in [1.54, 1.807) is 0 Å². The van der Waals surface area contributed by atoms with Gasteiger partial charge in [0.25, 0.3) is 0 Å². The van der Waals surface area contributed by atoms with Crippen LogP contribution in [0.25, 0.3) is 0 Å². The summed E-state index contributed by atoms with van der Waals surface area (Å²) in [4.78, 5) is 21.6. The minimum atomic E-state index is 0.247. The van der Waals surface area contributed by atoms with Crippen LogP contribution in [0.2, 0.25) is 0 Å². The molecule has 2 aliphatic heterocycles. The first-order chi connectivity index (χ1) is 12.1. The number of rotatable bonds is 5. The number of fused-ring (bicyclic) bond motifs is 1. The molecule has 0 aromatic carbocycles. The van der Waals surface area contributed by atoms with Crippen molar-refractivity contribution >= 4 is 5.91 Å². The highest BCUT2D eigenvalue weighted by molar-refractivity contribution is 5.80. The third-order valence-corrected chi connectivity index (χ3v) is 5.43. The lowest BCUT2D eigenvalue weighted by molar-refractivity contribution is -0.129. The first kappa shape index (κ1) is 16.3. The largest absolute Gasteiger partial charge is 0.465 e. The summed E-state index contributed by atoms with van der Waals surface area (Å²) in [6, 6.07) is 10.7. The van der Waals surface area contributed by atoms with Crippen LogP contribution in [-0.2, 0) is 24.3 Å². The monoisotopic (exact) mass is 339 g/mol. The molecule has 2 atom stereocenters. The van der Waals surface area contributed by atoms with Crippen molar-refractivity contribution in [3.8, 4) is 0 Å². The van der Waals surface area contributed by atoms with Crippen LogP contribution < -0.4 is 0 Å². The van der Waals surface area contributed by atoms with E-state index in [0.29, 0.717) is 25.0 Å². The molecule has 1 amide bonds. The van der Waals surface area contributed by atoms with E-state index in [2.05, 4.69) is 28.9 Å². The maximum Gasteiger partial charge on any atom is 0.224 e. The van der Waals surface area contributed by atoms with Gasteiger partial charge >= 0.3 is 0 Å². The van der Waals surface area contributed by atoms with Crippen LogP contribution in [0.3, 0.4) is 0 Å². The number of aryl methyl sites for hydroxylation is 2. The molecule has 0 spiro atoms. The fourth-order valence-electron chi connectivity index (χ4n) is 4.17. The van der Waals surface area contributed by atoms with Crippen LogP contribution in [-0.4, -0.2) is 39.3 Å². The Bertz CT molecular complexity index is 770. The van der Waals surface area contributed by atoms with Crippen LogP contribution >= 0.6 is 0 Å². The predicted octanol–water partition coefficient (Wildman–Crippen LogP) is 2.92. The number of hydrogen-bond acceptors (Lipinski definition) is 4. The van der Waals surface area contributed by atoms with Crippen molar-refractivity contribution < 1.29 is 9.21 Å². The van der Waals surface area contributed by atoms with E-state index >= 15 is 0 Å². The van der Waals surface area contributed by atoms with Gasteiger partial charge in [-0.05, 0) is 37.6 Å². The summed E-state index contributed by atoms with van der Waals surface area (Å²) in [5, 5.41) is 0. The third-order valence-electron chi connectivity index (χ3n) is 5.43. The zero-order chi connectivity index (χ0) is 17.4. The Morgan fingerprint density at radius 3 is 2.76 bits per heavy atom. The Kier molecular flexibility index (Phi) is 4.34. The van der Waals surface area contributed by atoms with Crippen molar-refractivity contribution in [2.75, 3.05) is 6.54 Å². The normalized spacial score (nSPS) is 23.4. The number of pyridine rings is 1. The van der Waals surface area contributed by atoms with Gasteiger partial charge in [0.1, 0.15) is 11.5 Å². The fraction of sp³-hybridized carbons (Fsp3) is 0.500. The first-order valence-corrected chi connectivity index (χ1v) is 9.17. The quantitative estimate of drug-likeness (QED) is 0.840. The Balaban J connectivity index is 1.45. The van der Waals surface area contributed by atoms with E-state index in [-0.39, 0.29) is 5.91 Å². The van der Waals surface area contributed by atoms with Crippen molar-refractivity contribution in [2.45, 2.75) is 58.3 Å². The topological polar surface area (TPSA) is 49.6 Å². The van der Waals surface area contributed by atoms with Gasteiger partial charge in [0.15, 0.2) is 0 Å². The van der Waals surface area contributed by atoms with E-state index in [9.17, 15) is 4.79 Å². The zero-order valence-corrected chi connectivity index (χ0v) is 14.9. The summed E-state index contributed by atoms with van der Waals surface area (Å²) in [5.41, 5.74) is 1.98. The summed E-state index contributed by atoms with van der Waals surface area (Å²) in [5.74, 6) is 2.28. The molecule has 2 aliphatic rings. The van der Waals surface area contributed by atoms with Gasteiger partial charge in [-0.2, -0.15) is 0 Å². The van der Waals surface area contributed by atoms with Gasteiger partial charge in [-0.15, -0.1) is 0 Å². The molecule has 0 saturated carbocycles. The predicted molar refractivity (Wildman–Crippen MR) is 94.8 cm³/mol. The Labute approximate surface area is 148 Å². The Hall–Kier alpha value is -2.14. The van der Waals surface area contributed by atoms with E-state index in [0.717, 1.165) is 48.8 Å². The van der Waals surface area contributed by atoms with Gasteiger partial charge in [-0.25, -0.2) is 0 Å². The minimum absolute atomic E-state index is 0.247. The summed E-state index contributed by atoms with van der Waals surface area (Å²) in [6.07, 6.45) is 2.56. The Morgan fingerprint density at radius 2 is 2.00 bits per heavy atom. The molecule has 25 heavy (non-hydrogen) atoms. The molecule has 0 N–H and O–H groups in total. The Morgan fingerprint density at radius 1 is 1.16 bits per heavy atom. The number of nitrogens with zero attached hydrogens (tertiary/aromatic N) is 3. The summed E-state index contributed by atoms with van der Waals surface area (Å²) >= 11 is 0. The lowest BCUT2D eigenvalue weighted by Gasteiger charge is -2.25. The van der Waals surface area contributed by atoms with Gasteiger partial charge in [-0.3, -0.25) is 14.7 Å². The fourth-order valence-corrected chi connectivity index (χ4v) is 4.17. The van der Waals surface area contributed by atoms with Crippen LogP contribution in [0, 0.1) is 6.92 Å². The zero-order valence-electron chi connectivity index (χ0n) is 14.9. The standard InChI is InChI=1S/C20H25N3O2/c1-3-16-7-8-17(25-16)13-22-10-9-18-19(22)11-20(24)23(18)12-15-6-4-5-14(2)21-15/h4-8,18-19H,3,9-13H2,1-2H3/t18-,19+/m1/s1. The second-order valence-electron chi connectivity index (χ2n) is 7.11. The average molecular weight is 339 g/mol. The van der Waals surface area contributed by atoms with Gasteiger partial charge < -0.3 is 9.32 Å². The van der Waals surface area contributed by atoms with Crippen LogP contribution in [0.1, 0.15) is 42.7 Å². The highest BCUT2D eigenvalue weighted by atomic mass is 16.3. The highest BCUT2D eigenvalue weighted by Gasteiger charge is 2.46. The number of carbonyl (C=O) groups excluding carboxylic acids is 1. The van der Waals surface area contributed by atoms with E-state index in [4.69, 9.17) is 4.42 Å². The summed E-state index contributed by atoms with van der Waals surface area (Å²) in [7, 11) is 0. The SMILES string of the molecule is CCc1ccc(CN2CC[C@@H]3[C@@H]2CC(=O)N3Cc2cccc(C)n2)o1. The van der Waals surface area contributed by atoms with Gasteiger partial charge in [0.2, 0.25) is 5.91 Å². The van der Waals surface area contributed by atoms with E-state index in [1.165, 1.54) is 0 Å². The molecule has 0 radical (unpaired) electrons. The molecule has 2 aromatic heterocycles. The molecular formula is C20H25N3O2. The molecule has 2 saturated heterocycles. The average Bonchev–Trinajstić information content (AvgIpc) is 3.27. The highest BCUT2D eigenvalue weighted by Crippen LogP contribution is 2.34. The smallest absolute Gasteiger partial charge is 0.224 e. The molecule has 2 fully saturated rings. The molecule has 5 heteroatoms. The number of carbonyl (C=O) groups is 1. The molecule has 4 heterocycles. The molecular weight excluding hydrogens is 314 g/mol. The van der Waals surface area contributed by atoms with E-state index in [1.807, 2.05) is 30.0 Å². The maximum absolute atomic E-state index is 12.6. The number of hydrogen-bond donors (Lipinski definition) is 0. The number of furan rings is 1. The molecule has 0 bridgehead atoms. The van der Waals surface area contributed by atoms with Crippen molar-refractivity contribution in [2.24, 2.45) is 0 Å². The molecule has 0 aliphatic carbocycles. The van der Waals surface area contributed by atoms with Gasteiger partial charge in [-0.1, -0.05) is 13.0 Å². The molecule has 132 valence electrons. The molecule has 5 nitrogen and oxygen atoms in total. The summed E-state index contributed by atoms with van der Waals surface area (Å²) < 4.78 is 5.86. The minimum Gasteiger partial charge on any atom is -0.465 e. The van der Waals surface area contributed by atoms with Crippen molar-refractivity contribution in [1.82, 2.24) is 14.8 Å².